The number of rotatable bonds is 8. The number of amides is 1. The maximum absolute atomic E-state index is 12.6. The van der Waals surface area contributed by atoms with E-state index >= 15 is 0 Å². The summed E-state index contributed by atoms with van der Waals surface area (Å²) < 4.78 is 10.1. The third-order valence-corrected chi connectivity index (χ3v) is 6.00. The predicted molar refractivity (Wildman–Crippen MR) is 129 cm³/mol. The van der Waals surface area contributed by atoms with Crippen LogP contribution >= 0.6 is 0 Å². The SMILES string of the molecule is COCCOC(=O)C1CCN(c2ccc3c(O)c(C(=O)NCc4ccc(C#N)nc4)ncc3n2)CC1. The minimum Gasteiger partial charge on any atom is -0.505 e. The van der Waals surface area contributed by atoms with Gasteiger partial charge in [0.25, 0.3) is 5.91 Å². The van der Waals surface area contributed by atoms with Gasteiger partial charge < -0.3 is 24.8 Å². The molecule has 1 fully saturated rings. The van der Waals surface area contributed by atoms with E-state index in [1.165, 1.54) is 12.4 Å². The Kier molecular flexibility index (Phi) is 7.87. The van der Waals surface area contributed by atoms with E-state index < -0.39 is 5.91 Å². The molecule has 0 unspecified atom stereocenters. The Morgan fingerprint density at radius 1 is 1.17 bits per heavy atom. The van der Waals surface area contributed by atoms with Gasteiger partial charge in [-0.25, -0.2) is 15.0 Å². The number of aromatic hydroxyl groups is 1. The van der Waals surface area contributed by atoms with Crippen molar-refractivity contribution < 1.29 is 24.2 Å². The number of aromatic nitrogens is 3. The first-order valence-corrected chi connectivity index (χ1v) is 11.5. The van der Waals surface area contributed by atoms with Crippen LogP contribution in [0.5, 0.6) is 5.75 Å². The van der Waals surface area contributed by atoms with Gasteiger partial charge in [-0.1, -0.05) is 6.07 Å². The average Bonchev–Trinajstić information content (AvgIpc) is 2.92. The van der Waals surface area contributed by atoms with Crippen molar-refractivity contribution in [3.05, 3.63) is 53.6 Å². The number of methoxy groups -OCH3 is 1. The van der Waals surface area contributed by atoms with Gasteiger partial charge in [0, 0.05) is 38.3 Å². The van der Waals surface area contributed by atoms with Gasteiger partial charge >= 0.3 is 5.97 Å². The number of ether oxygens (including phenoxy) is 2. The first-order chi connectivity index (χ1) is 17.5. The molecule has 1 saturated heterocycles. The minimum absolute atomic E-state index is 0.105. The summed E-state index contributed by atoms with van der Waals surface area (Å²) in [5.41, 5.74) is 1.35. The number of carbonyl (C=O) groups excluding carboxylic acids is 2. The molecule has 1 aliphatic rings. The van der Waals surface area contributed by atoms with Crippen LogP contribution in [0.25, 0.3) is 10.9 Å². The van der Waals surface area contributed by atoms with Crippen molar-refractivity contribution in [1.82, 2.24) is 20.3 Å². The van der Waals surface area contributed by atoms with E-state index in [1.807, 2.05) is 6.07 Å². The van der Waals surface area contributed by atoms with Crippen LogP contribution < -0.4 is 10.2 Å². The molecule has 2 N–H and O–H groups in total. The minimum atomic E-state index is -0.540. The predicted octanol–water partition coefficient (Wildman–Crippen LogP) is 1.94. The number of hydrogen-bond acceptors (Lipinski definition) is 10. The molecule has 4 heterocycles. The Bertz CT molecular complexity index is 1280. The molecule has 11 nitrogen and oxygen atoms in total. The molecule has 0 spiro atoms. The van der Waals surface area contributed by atoms with Crippen molar-refractivity contribution in [1.29, 1.82) is 5.26 Å². The molecular weight excluding hydrogens is 464 g/mol. The van der Waals surface area contributed by atoms with Crippen LogP contribution in [0.2, 0.25) is 0 Å². The summed E-state index contributed by atoms with van der Waals surface area (Å²) in [5, 5.41) is 22.6. The van der Waals surface area contributed by atoms with E-state index in [4.69, 9.17) is 14.7 Å². The fraction of sp³-hybridized carbons (Fsp3) is 0.360. The number of piperidine rings is 1. The zero-order chi connectivity index (χ0) is 25.5. The summed E-state index contributed by atoms with van der Waals surface area (Å²) in [6.45, 7) is 2.10. The first-order valence-electron chi connectivity index (χ1n) is 11.5. The second kappa shape index (κ2) is 11.4. The van der Waals surface area contributed by atoms with Gasteiger partial charge in [0.2, 0.25) is 0 Å². The van der Waals surface area contributed by atoms with E-state index in [1.54, 1.807) is 31.4 Å². The van der Waals surface area contributed by atoms with Crippen molar-refractivity contribution in [2.45, 2.75) is 19.4 Å². The van der Waals surface area contributed by atoms with E-state index in [0.29, 0.717) is 54.8 Å². The molecule has 3 aromatic rings. The lowest BCUT2D eigenvalue weighted by Gasteiger charge is -2.31. The van der Waals surface area contributed by atoms with Gasteiger partial charge in [-0.3, -0.25) is 9.59 Å². The third-order valence-electron chi connectivity index (χ3n) is 6.00. The summed E-state index contributed by atoms with van der Waals surface area (Å²) in [6, 6.07) is 8.68. The summed E-state index contributed by atoms with van der Waals surface area (Å²) >= 11 is 0. The molecule has 11 heteroatoms. The monoisotopic (exact) mass is 490 g/mol. The van der Waals surface area contributed by atoms with Gasteiger partial charge in [-0.15, -0.1) is 0 Å². The lowest BCUT2D eigenvalue weighted by molar-refractivity contribution is -0.150. The Labute approximate surface area is 207 Å². The highest BCUT2D eigenvalue weighted by molar-refractivity contribution is 6.00. The third kappa shape index (κ3) is 5.67. The van der Waals surface area contributed by atoms with Crippen molar-refractivity contribution in [2.24, 2.45) is 5.92 Å². The number of nitrogens with one attached hydrogen (secondary N) is 1. The number of esters is 1. The zero-order valence-electron chi connectivity index (χ0n) is 19.8. The van der Waals surface area contributed by atoms with E-state index in [0.717, 1.165) is 0 Å². The Balaban J connectivity index is 1.39. The maximum Gasteiger partial charge on any atom is 0.309 e. The largest absolute Gasteiger partial charge is 0.505 e. The molecule has 1 aliphatic heterocycles. The highest BCUT2D eigenvalue weighted by atomic mass is 16.6. The Hall–Kier alpha value is -4.30. The fourth-order valence-electron chi connectivity index (χ4n) is 3.97. The second-order valence-electron chi connectivity index (χ2n) is 8.33. The molecule has 0 radical (unpaired) electrons. The molecule has 0 aromatic carbocycles. The summed E-state index contributed by atoms with van der Waals surface area (Å²) in [4.78, 5) is 39.6. The molecule has 4 rings (SSSR count). The fourth-order valence-corrected chi connectivity index (χ4v) is 3.97. The van der Waals surface area contributed by atoms with Crippen LogP contribution in [0.4, 0.5) is 5.82 Å². The molecule has 0 aliphatic carbocycles. The molecule has 1 amide bonds. The molecular formula is C25H26N6O5. The van der Waals surface area contributed by atoms with Gasteiger partial charge in [-0.05, 0) is 36.6 Å². The standard InChI is InChI=1S/C25H26N6O5/c1-35-10-11-36-25(34)17-6-8-31(9-7-17)21-5-4-19-20(30-21)15-28-22(23(19)32)24(33)29-14-16-2-3-18(12-26)27-13-16/h2-5,13,15,17,32H,6-11,14H2,1H3,(H,29,33). The smallest absolute Gasteiger partial charge is 0.309 e. The van der Waals surface area contributed by atoms with Crippen molar-refractivity contribution in [3.8, 4) is 11.8 Å². The van der Waals surface area contributed by atoms with E-state index in [2.05, 4.69) is 25.2 Å². The number of fused-ring (bicyclic) bond motifs is 1. The lowest BCUT2D eigenvalue weighted by atomic mass is 9.97. The number of pyridine rings is 3. The van der Waals surface area contributed by atoms with Crippen molar-refractivity contribution in [2.75, 3.05) is 38.3 Å². The van der Waals surface area contributed by atoms with Crippen molar-refractivity contribution in [3.63, 3.8) is 0 Å². The Morgan fingerprint density at radius 3 is 2.67 bits per heavy atom. The van der Waals surface area contributed by atoms with Crippen LogP contribution in [-0.2, 0) is 20.8 Å². The van der Waals surface area contributed by atoms with Gasteiger partial charge in [0.1, 0.15) is 24.2 Å². The highest BCUT2D eigenvalue weighted by Gasteiger charge is 2.27. The van der Waals surface area contributed by atoms with Crippen molar-refractivity contribution >= 4 is 28.6 Å². The number of nitriles is 1. The zero-order valence-corrected chi connectivity index (χ0v) is 19.8. The number of hydrogen-bond donors (Lipinski definition) is 2. The molecule has 3 aromatic heterocycles. The number of carbonyl (C=O) groups is 2. The van der Waals surface area contributed by atoms with Crippen LogP contribution in [-0.4, -0.2) is 65.3 Å². The van der Waals surface area contributed by atoms with Gasteiger partial charge in [0.15, 0.2) is 11.4 Å². The topological polar surface area (TPSA) is 151 Å². The van der Waals surface area contributed by atoms with Crippen LogP contribution in [0.3, 0.4) is 0 Å². The lowest BCUT2D eigenvalue weighted by Crippen LogP contribution is -2.37. The molecule has 0 saturated carbocycles. The quantitative estimate of drug-likeness (QED) is 0.354. The summed E-state index contributed by atoms with van der Waals surface area (Å²) in [6.07, 6.45) is 4.27. The molecule has 36 heavy (non-hydrogen) atoms. The highest BCUT2D eigenvalue weighted by Crippen LogP contribution is 2.29. The van der Waals surface area contributed by atoms with Crippen LogP contribution in [0, 0.1) is 17.2 Å². The van der Waals surface area contributed by atoms with Gasteiger partial charge in [0.05, 0.1) is 24.2 Å². The van der Waals surface area contributed by atoms with Crippen LogP contribution in [0.1, 0.15) is 34.6 Å². The number of anilines is 1. The first kappa shape index (κ1) is 24.8. The van der Waals surface area contributed by atoms with E-state index in [-0.39, 0.29) is 42.2 Å². The van der Waals surface area contributed by atoms with E-state index in [9.17, 15) is 14.7 Å². The molecule has 0 atom stereocenters. The normalized spacial score (nSPS) is 13.8. The van der Waals surface area contributed by atoms with Crippen LogP contribution in [0.15, 0.2) is 36.7 Å². The number of nitrogens with zero attached hydrogens (tertiary/aromatic N) is 5. The molecule has 186 valence electrons. The Morgan fingerprint density at radius 2 is 1.97 bits per heavy atom. The average molecular weight is 491 g/mol. The second-order valence-corrected chi connectivity index (χ2v) is 8.33. The van der Waals surface area contributed by atoms with Gasteiger partial charge in [-0.2, -0.15) is 5.26 Å². The summed E-state index contributed by atoms with van der Waals surface area (Å²) in [7, 11) is 1.56. The maximum atomic E-state index is 12.6. The summed E-state index contributed by atoms with van der Waals surface area (Å²) in [5.74, 6) is -0.429. The molecule has 0 bridgehead atoms.